The van der Waals surface area contributed by atoms with Crippen LogP contribution in [0.2, 0.25) is 0 Å². The molecule has 1 aliphatic carbocycles. The second-order valence-electron chi connectivity index (χ2n) is 6.33. The van der Waals surface area contributed by atoms with Gasteiger partial charge in [-0.05, 0) is 44.6 Å². The minimum Gasteiger partial charge on any atom is -0.438 e. The number of ether oxygens (including phenoxy) is 1. The first-order valence-electron chi connectivity index (χ1n) is 7.82. The van der Waals surface area contributed by atoms with Crippen molar-refractivity contribution in [3.63, 3.8) is 0 Å². The van der Waals surface area contributed by atoms with Crippen molar-refractivity contribution in [2.24, 2.45) is 0 Å². The molecule has 1 aliphatic heterocycles. The Bertz CT molecular complexity index is 506. The van der Waals surface area contributed by atoms with Crippen LogP contribution in [0.5, 0.6) is 0 Å². The second-order valence-corrected chi connectivity index (χ2v) is 6.33. The minimum absolute atomic E-state index is 0.377. The fraction of sp³-hybridized carbons (Fsp3) is 0.588. The van der Waals surface area contributed by atoms with Gasteiger partial charge in [0.1, 0.15) is 0 Å². The van der Waals surface area contributed by atoms with E-state index in [-0.39, 0.29) is 6.09 Å². The third-order valence-corrected chi connectivity index (χ3v) is 5.02. The third kappa shape index (κ3) is 2.42. The van der Waals surface area contributed by atoms with Gasteiger partial charge in [-0.2, -0.15) is 0 Å². The fourth-order valence-electron chi connectivity index (χ4n) is 3.64. The summed E-state index contributed by atoms with van der Waals surface area (Å²) in [6.07, 6.45) is 5.03. The molecule has 3 rings (SSSR count). The number of benzene rings is 1. The molecule has 2 fully saturated rings. The van der Waals surface area contributed by atoms with Gasteiger partial charge < -0.3 is 9.84 Å². The molecular formula is C17H23NO3. The van der Waals surface area contributed by atoms with Crippen LogP contribution in [-0.2, 0) is 11.2 Å². The Hall–Kier alpha value is -1.55. The first-order chi connectivity index (χ1) is 10.1. The Morgan fingerprint density at radius 3 is 2.52 bits per heavy atom. The van der Waals surface area contributed by atoms with Gasteiger partial charge in [-0.1, -0.05) is 36.8 Å². The molecule has 4 heteroatoms. The van der Waals surface area contributed by atoms with Crippen LogP contribution in [-0.4, -0.2) is 34.0 Å². The predicted molar refractivity (Wildman–Crippen MR) is 79.8 cm³/mol. The van der Waals surface area contributed by atoms with Crippen LogP contribution in [0.3, 0.4) is 0 Å². The Balaban J connectivity index is 1.74. The quantitative estimate of drug-likeness (QED) is 0.930. The van der Waals surface area contributed by atoms with Crippen LogP contribution < -0.4 is 0 Å². The fourth-order valence-corrected chi connectivity index (χ4v) is 3.64. The summed E-state index contributed by atoms with van der Waals surface area (Å²) in [4.78, 5) is 13.7. The van der Waals surface area contributed by atoms with Crippen molar-refractivity contribution in [1.82, 2.24) is 4.90 Å². The molecule has 114 valence electrons. The van der Waals surface area contributed by atoms with Gasteiger partial charge in [0.2, 0.25) is 0 Å². The summed E-state index contributed by atoms with van der Waals surface area (Å²) >= 11 is 0. The van der Waals surface area contributed by atoms with E-state index in [1.54, 1.807) is 6.92 Å². The topological polar surface area (TPSA) is 49.8 Å². The highest BCUT2D eigenvalue weighted by molar-refractivity contribution is 5.72. The van der Waals surface area contributed by atoms with Crippen molar-refractivity contribution < 1.29 is 14.6 Å². The summed E-state index contributed by atoms with van der Waals surface area (Å²) in [5.74, 6) is 0. The zero-order chi connectivity index (χ0) is 14.9. The molecule has 1 saturated carbocycles. The predicted octanol–water partition coefficient (Wildman–Crippen LogP) is 3.09. The molecule has 0 radical (unpaired) electrons. The molecule has 1 N–H and O–H groups in total. The summed E-state index contributed by atoms with van der Waals surface area (Å²) in [7, 11) is 0. The molecule has 1 atom stereocenters. The minimum atomic E-state index is -1.21. The van der Waals surface area contributed by atoms with Gasteiger partial charge in [0.25, 0.3) is 0 Å². The molecule has 1 spiro atoms. The number of aliphatic hydroxyl groups is 1. The number of nitrogens with zero attached hydrogens (tertiary/aromatic N) is 1. The normalized spacial score (nSPS) is 27.9. The molecule has 1 aromatic rings. The number of carbonyl (C=O) groups excluding carboxylic acids is 1. The number of carbonyl (C=O) groups is 1. The molecule has 4 nitrogen and oxygen atoms in total. The summed E-state index contributed by atoms with van der Waals surface area (Å²) in [5.41, 5.74) is -0.760. The van der Waals surface area contributed by atoms with Crippen molar-refractivity contribution >= 4 is 6.09 Å². The molecule has 0 aromatic heterocycles. The molecule has 1 heterocycles. The lowest BCUT2D eigenvalue weighted by Gasteiger charge is -2.42. The van der Waals surface area contributed by atoms with Crippen molar-refractivity contribution in [2.75, 3.05) is 6.54 Å². The van der Waals surface area contributed by atoms with Gasteiger partial charge in [-0.15, -0.1) is 0 Å². The molecule has 1 unspecified atom stereocenters. The van der Waals surface area contributed by atoms with E-state index in [1.165, 1.54) is 4.90 Å². The second kappa shape index (κ2) is 5.34. The molecule has 1 saturated heterocycles. The van der Waals surface area contributed by atoms with Gasteiger partial charge in [0, 0.05) is 6.54 Å². The van der Waals surface area contributed by atoms with Crippen LogP contribution in [0.25, 0.3) is 0 Å². The molecule has 1 amide bonds. The maximum Gasteiger partial charge on any atom is 0.412 e. The van der Waals surface area contributed by atoms with E-state index in [0.29, 0.717) is 6.54 Å². The van der Waals surface area contributed by atoms with Gasteiger partial charge in [-0.25, -0.2) is 4.79 Å². The zero-order valence-corrected chi connectivity index (χ0v) is 12.5. The Morgan fingerprint density at radius 1 is 1.19 bits per heavy atom. The highest BCUT2D eigenvalue weighted by Crippen LogP contribution is 2.46. The Morgan fingerprint density at radius 2 is 1.86 bits per heavy atom. The highest BCUT2D eigenvalue weighted by atomic mass is 16.6. The number of hydrogen-bond acceptors (Lipinski definition) is 3. The molecular weight excluding hydrogens is 266 g/mol. The van der Waals surface area contributed by atoms with Crippen LogP contribution >= 0.6 is 0 Å². The first-order valence-corrected chi connectivity index (χ1v) is 7.82. The van der Waals surface area contributed by atoms with Crippen LogP contribution in [0.15, 0.2) is 30.3 Å². The maximum absolute atomic E-state index is 12.2. The monoisotopic (exact) mass is 289 g/mol. The summed E-state index contributed by atoms with van der Waals surface area (Å²) in [6, 6.07) is 10.0. The van der Waals surface area contributed by atoms with Crippen molar-refractivity contribution in [3.8, 4) is 0 Å². The van der Waals surface area contributed by atoms with E-state index >= 15 is 0 Å². The Labute approximate surface area is 125 Å². The number of rotatable bonds is 3. The standard InChI is InChI=1S/C17H23NO3/c1-16(20)17(11-6-3-7-12-17)21-15(19)18(16)13-10-14-8-4-2-5-9-14/h2,4-5,8-9,20H,3,6-7,10-13H2,1H3. The van der Waals surface area contributed by atoms with E-state index in [4.69, 9.17) is 4.74 Å². The van der Waals surface area contributed by atoms with Crippen molar-refractivity contribution in [2.45, 2.75) is 56.8 Å². The van der Waals surface area contributed by atoms with E-state index in [1.807, 2.05) is 30.3 Å². The van der Waals surface area contributed by atoms with E-state index < -0.39 is 11.3 Å². The average Bonchev–Trinajstić information content (AvgIpc) is 2.65. The molecule has 0 bridgehead atoms. The van der Waals surface area contributed by atoms with Gasteiger partial charge in [-0.3, -0.25) is 4.90 Å². The van der Waals surface area contributed by atoms with Gasteiger partial charge >= 0.3 is 6.09 Å². The lowest BCUT2D eigenvalue weighted by atomic mass is 9.77. The highest BCUT2D eigenvalue weighted by Gasteiger charge is 2.61. The zero-order valence-electron chi connectivity index (χ0n) is 12.5. The van der Waals surface area contributed by atoms with Crippen LogP contribution in [0.4, 0.5) is 4.79 Å². The van der Waals surface area contributed by atoms with E-state index in [9.17, 15) is 9.90 Å². The summed E-state index contributed by atoms with van der Waals surface area (Å²) in [6.45, 7) is 2.21. The summed E-state index contributed by atoms with van der Waals surface area (Å²) < 4.78 is 5.64. The smallest absolute Gasteiger partial charge is 0.412 e. The molecule has 2 aliphatic rings. The lowest BCUT2D eigenvalue weighted by Crippen LogP contribution is -2.57. The van der Waals surface area contributed by atoms with Gasteiger partial charge in [0.15, 0.2) is 11.3 Å². The van der Waals surface area contributed by atoms with Crippen LogP contribution in [0, 0.1) is 0 Å². The van der Waals surface area contributed by atoms with E-state index in [2.05, 4.69) is 0 Å². The SMILES string of the molecule is CC1(O)N(CCc2ccccc2)C(=O)OC12CCCCC2. The largest absolute Gasteiger partial charge is 0.438 e. The van der Waals surface area contributed by atoms with Gasteiger partial charge in [0.05, 0.1) is 0 Å². The third-order valence-electron chi connectivity index (χ3n) is 5.02. The molecule has 21 heavy (non-hydrogen) atoms. The first kappa shape index (κ1) is 14.4. The molecule has 1 aromatic carbocycles. The van der Waals surface area contributed by atoms with Crippen molar-refractivity contribution in [3.05, 3.63) is 35.9 Å². The lowest BCUT2D eigenvalue weighted by molar-refractivity contribution is -0.158. The maximum atomic E-state index is 12.2. The van der Waals surface area contributed by atoms with Crippen LogP contribution in [0.1, 0.15) is 44.6 Å². The number of hydrogen-bond donors (Lipinski definition) is 1. The number of amides is 1. The van der Waals surface area contributed by atoms with E-state index in [0.717, 1.165) is 44.1 Å². The average molecular weight is 289 g/mol. The van der Waals surface area contributed by atoms with Crippen molar-refractivity contribution in [1.29, 1.82) is 0 Å². The Kier molecular flexibility index (Phi) is 3.66. The summed E-state index contributed by atoms with van der Waals surface area (Å²) in [5, 5.41) is 11.0.